The van der Waals surface area contributed by atoms with E-state index in [2.05, 4.69) is 5.32 Å². The smallest absolute Gasteiger partial charge is 0.0542 e. The zero-order chi connectivity index (χ0) is 10.7. The van der Waals surface area contributed by atoms with E-state index >= 15 is 0 Å². The molecule has 1 aromatic rings. The summed E-state index contributed by atoms with van der Waals surface area (Å²) in [7, 11) is 0. The summed E-state index contributed by atoms with van der Waals surface area (Å²) in [4.78, 5) is 1.08. The molecule has 1 nitrogen and oxygen atoms in total. The van der Waals surface area contributed by atoms with Gasteiger partial charge < -0.3 is 5.32 Å². The van der Waals surface area contributed by atoms with E-state index in [1.54, 1.807) is 11.8 Å². The molecule has 0 aromatic heterocycles. The summed E-state index contributed by atoms with van der Waals surface area (Å²) in [6, 6.07) is 6.24. The van der Waals surface area contributed by atoms with Crippen molar-refractivity contribution in [2.75, 3.05) is 12.3 Å². The number of nitrogens with one attached hydrogen (secondary N) is 1. The second-order valence-corrected chi connectivity index (χ2v) is 5.58. The minimum Gasteiger partial charge on any atom is -0.313 e. The Labute approximate surface area is 105 Å². The van der Waals surface area contributed by atoms with Crippen LogP contribution in [0.3, 0.4) is 0 Å². The zero-order valence-corrected chi connectivity index (χ0v) is 10.6. The highest BCUT2D eigenvalue weighted by Gasteiger charge is 2.14. The van der Waals surface area contributed by atoms with Crippen LogP contribution >= 0.6 is 35.0 Å². The molecule has 0 bridgehead atoms. The molecule has 1 saturated heterocycles. The zero-order valence-electron chi connectivity index (χ0n) is 8.30. The summed E-state index contributed by atoms with van der Waals surface area (Å²) < 4.78 is 0. The first-order chi connectivity index (χ1) is 7.25. The van der Waals surface area contributed by atoms with Crippen molar-refractivity contribution in [1.82, 2.24) is 5.32 Å². The van der Waals surface area contributed by atoms with E-state index < -0.39 is 0 Å². The summed E-state index contributed by atoms with van der Waals surface area (Å²) in [5.41, 5.74) is 0. The van der Waals surface area contributed by atoms with Gasteiger partial charge >= 0.3 is 0 Å². The van der Waals surface area contributed by atoms with Gasteiger partial charge in [0.1, 0.15) is 0 Å². The largest absolute Gasteiger partial charge is 0.313 e. The molecule has 82 valence electrons. The molecule has 0 radical (unpaired) electrons. The van der Waals surface area contributed by atoms with Gasteiger partial charge in [-0.05, 0) is 37.6 Å². The van der Waals surface area contributed by atoms with E-state index in [-0.39, 0.29) is 0 Å². The monoisotopic (exact) mass is 261 g/mol. The molecule has 1 fully saturated rings. The van der Waals surface area contributed by atoms with Crippen molar-refractivity contribution in [3.63, 3.8) is 0 Å². The van der Waals surface area contributed by atoms with Gasteiger partial charge in [0.05, 0.1) is 5.02 Å². The van der Waals surface area contributed by atoms with Crippen LogP contribution in [0.25, 0.3) is 0 Å². The van der Waals surface area contributed by atoms with Crippen LogP contribution in [-0.2, 0) is 0 Å². The number of halogens is 2. The van der Waals surface area contributed by atoms with E-state index in [9.17, 15) is 0 Å². The third-order valence-electron chi connectivity index (χ3n) is 2.50. The van der Waals surface area contributed by atoms with Crippen LogP contribution in [0.1, 0.15) is 12.8 Å². The van der Waals surface area contributed by atoms with Crippen molar-refractivity contribution in [2.24, 2.45) is 0 Å². The maximum atomic E-state index is 6.08. The quantitative estimate of drug-likeness (QED) is 0.831. The molecular weight excluding hydrogens is 249 g/mol. The van der Waals surface area contributed by atoms with Gasteiger partial charge in [0.15, 0.2) is 0 Å². The number of benzene rings is 1. The number of hydrogen-bond donors (Lipinski definition) is 1. The van der Waals surface area contributed by atoms with Crippen molar-refractivity contribution < 1.29 is 0 Å². The molecule has 4 heteroatoms. The van der Waals surface area contributed by atoms with E-state index in [1.807, 2.05) is 18.2 Å². The molecule has 1 aromatic carbocycles. The first-order valence-electron chi connectivity index (χ1n) is 5.07. The van der Waals surface area contributed by atoms with Crippen LogP contribution in [-0.4, -0.2) is 18.3 Å². The Balaban J connectivity index is 1.94. The van der Waals surface area contributed by atoms with Gasteiger partial charge in [-0.15, -0.1) is 11.8 Å². The maximum Gasteiger partial charge on any atom is 0.0542 e. The first-order valence-corrected chi connectivity index (χ1v) is 6.81. The van der Waals surface area contributed by atoms with E-state index in [0.29, 0.717) is 6.04 Å². The molecule has 1 N–H and O–H groups in total. The maximum absolute atomic E-state index is 6.08. The molecule has 1 heterocycles. The molecule has 0 saturated carbocycles. The number of rotatable bonds is 3. The summed E-state index contributed by atoms with van der Waals surface area (Å²) in [6.07, 6.45) is 2.56. The van der Waals surface area contributed by atoms with Crippen molar-refractivity contribution in [3.05, 3.63) is 28.2 Å². The molecule has 1 aliphatic rings. The average Bonchev–Trinajstić information content (AvgIpc) is 2.72. The van der Waals surface area contributed by atoms with Gasteiger partial charge in [-0.1, -0.05) is 23.2 Å². The second-order valence-electron chi connectivity index (χ2n) is 3.68. The lowest BCUT2D eigenvalue weighted by Crippen LogP contribution is -2.23. The Morgan fingerprint density at radius 1 is 1.40 bits per heavy atom. The van der Waals surface area contributed by atoms with Gasteiger partial charge in [-0.2, -0.15) is 0 Å². The third-order valence-corrected chi connectivity index (χ3v) is 4.39. The fourth-order valence-corrected chi connectivity index (χ4v) is 3.28. The Morgan fingerprint density at radius 2 is 2.27 bits per heavy atom. The van der Waals surface area contributed by atoms with Crippen molar-refractivity contribution >= 4 is 35.0 Å². The highest BCUT2D eigenvalue weighted by molar-refractivity contribution is 7.99. The SMILES string of the molecule is Clc1ccc(Cl)c(SC[C@@H]2CCCN2)c1. The summed E-state index contributed by atoms with van der Waals surface area (Å²) in [5, 5.41) is 5.01. The first kappa shape index (κ1) is 11.6. The lowest BCUT2D eigenvalue weighted by molar-refractivity contribution is 0.674. The highest BCUT2D eigenvalue weighted by Crippen LogP contribution is 2.30. The topological polar surface area (TPSA) is 12.0 Å². The molecule has 0 aliphatic carbocycles. The predicted octanol–water partition coefficient (Wildman–Crippen LogP) is 3.84. The van der Waals surface area contributed by atoms with E-state index in [4.69, 9.17) is 23.2 Å². The predicted molar refractivity (Wildman–Crippen MR) is 68.2 cm³/mol. The van der Waals surface area contributed by atoms with Crippen LogP contribution in [0.15, 0.2) is 23.1 Å². The molecule has 0 unspecified atom stereocenters. The molecule has 1 atom stereocenters. The van der Waals surface area contributed by atoms with Crippen LogP contribution in [0.5, 0.6) is 0 Å². The van der Waals surface area contributed by atoms with Crippen molar-refractivity contribution in [2.45, 2.75) is 23.8 Å². The minimum absolute atomic E-state index is 0.630. The molecule has 2 rings (SSSR count). The minimum atomic E-state index is 0.630. The fraction of sp³-hybridized carbons (Fsp3) is 0.455. The average molecular weight is 262 g/mol. The van der Waals surface area contributed by atoms with Gasteiger partial charge in [0.25, 0.3) is 0 Å². The fourth-order valence-electron chi connectivity index (χ4n) is 1.68. The second kappa shape index (κ2) is 5.44. The van der Waals surface area contributed by atoms with Gasteiger partial charge in [0.2, 0.25) is 0 Å². The van der Waals surface area contributed by atoms with Crippen LogP contribution in [0, 0.1) is 0 Å². The van der Waals surface area contributed by atoms with Crippen LogP contribution < -0.4 is 5.32 Å². The molecule has 15 heavy (non-hydrogen) atoms. The molecule has 1 aliphatic heterocycles. The Kier molecular flexibility index (Phi) is 4.21. The van der Waals surface area contributed by atoms with Gasteiger partial charge in [-0.3, -0.25) is 0 Å². The summed E-state index contributed by atoms with van der Waals surface area (Å²) >= 11 is 13.8. The van der Waals surface area contributed by atoms with Crippen molar-refractivity contribution in [3.8, 4) is 0 Å². The Bertz CT molecular complexity index is 337. The summed E-state index contributed by atoms with van der Waals surface area (Å²) in [5.74, 6) is 1.07. The Morgan fingerprint density at radius 3 is 3.00 bits per heavy atom. The van der Waals surface area contributed by atoms with Gasteiger partial charge in [0, 0.05) is 21.7 Å². The van der Waals surface area contributed by atoms with Crippen LogP contribution in [0.4, 0.5) is 0 Å². The molecular formula is C11H13Cl2NS. The van der Waals surface area contributed by atoms with Crippen LogP contribution in [0.2, 0.25) is 10.0 Å². The number of thioether (sulfide) groups is 1. The number of hydrogen-bond acceptors (Lipinski definition) is 2. The lowest BCUT2D eigenvalue weighted by atomic mass is 10.3. The molecule has 0 spiro atoms. The Hall–Kier alpha value is 0.110. The summed E-state index contributed by atoms with van der Waals surface area (Å²) in [6.45, 7) is 1.15. The standard InChI is InChI=1S/C11H13Cl2NS/c12-8-3-4-10(13)11(6-8)15-7-9-2-1-5-14-9/h3-4,6,9,14H,1-2,5,7H2/t9-/m0/s1. The normalized spacial score (nSPS) is 20.8. The van der Waals surface area contributed by atoms with E-state index in [0.717, 1.165) is 27.2 Å². The third kappa shape index (κ3) is 3.28. The highest BCUT2D eigenvalue weighted by atomic mass is 35.5. The van der Waals surface area contributed by atoms with Gasteiger partial charge in [-0.25, -0.2) is 0 Å². The molecule has 0 amide bonds. The van der Waals surface area contributed by atoms with E-state index in [1.165, 1.54) is 12.8 Å². The lowest BCUT2D eigenvalue weighted by Gasteiger charge is -2.10. The van der Waals surface area contributed by atoms with Crippen molar-refractivity contribution in [1.29, 1.82) is 0 Å².